The topological polar surface area (TPSA) is 38.3 Å². The molecule has 1 heterocycles. The number of hydrogen-bond donors (Lipinski definition) is 1. The number of nitrogens with one attached hydrogen (secondary N) is 1. The molecule has 3 nitrogen and oxygen atoms in total. The molecule has 0 atom stereocenters. The second-order valence-electron chi connectivity index (χ2n) is 4.48. The second kappa shape index (κ2) is 4.92. The Bertz CT molecular complexity index is 686. The molecule has 1 aliphatic rings. The lowest BCUT2D eigenvalue weighted by molar-refractivity contribution is 0.102. The Labute approximate surface area is 114 Å². The van der Waals surface area contributed by atoms with Crippen LogP contribution in [0.5, 0.6) is 5.75 Å². The summed E-state index contributed by atoms with van der Waals surface area (Å²) in [7, 11) is 0. The number of hydrogen-bond acceptors (Lipinski definition) is 2. The Kier molecular flexibility index (Phi) is 3.10. The molecule has 0 unspecified atom stereocenters. The molecule has 1 aliphatic heterocycles. The lowest BCUT2D eigenvalue weighted by atomic mass is 10.1. The zero-order valence-corrected chi connectivity index (χ0v) is 10.5. The van der Waals surface area contributed by atoms with E-state index in [1.54, 1.807) is 18.2 Å². The maximum absolute atomic E-state index is 13.5. The number of fused-ring (bicyclic) bond motifs is 1. The number of carbonyl (C=O) groups is 1. The number of rotatable bonds is 2. The molecule has 0 spiro atoms. The van der Waals surface area contributed by atoms with Gasteiger partial charge in [-0.05, 0) is 35.9 Å². The van der Waals surface area contributed by atoms with Crippen LogP contribution in [0.15, 0.2) is 36.4 Å². The van der Waals surface area contributed by atoms with Gasteiger partial charge in [0.05, 0.1) is 12.2 Å². The fourth-order valence-electron chi connectivity index (χ4n) is 2.14. The molecule has 0 saturated heterocycles. The van der Waals surface area contributed by atoms with E-state index in [1.165, 1.54) is 12.1 Å². The SMILES string of the molecule is O=C(Nc1ccc2c(c1)CCO2)c1cccc(F)c1F. The maximum atomic E-state index is 13.5. The van der Waals surface area contributed by atoms with Gasteiger partial charge in [0.15, 0.2) is 11.6 Å². The molecule has 0 aliphatic carbocycles. The summed E-state index contributed by atoms with van der Waals surface area (Å²) in [6.45, 7) is 0.616. The summed E-state index contributed by atoms with van der Waals surface area (Å²) in [5.74, 6) is -2.07. The van der Waals surface area contributed by atoms with Crippen LogP contribution in [0.3, 0.4) is 0 Å². The molecule has 0 bridgehead atoms. The zero-order chi connectivity index (χ0) is 14.1. The van der Waals surface area contributed by atoms with Crippen LogP contribution in [0, 0.1) is 11.6 Å². The minimum Gasteiger partial charge on any atom is -0.493 e. The molecule has 0 fully saturated rings. The first kappa shape index (κ1) is 12.6. The first-order chi connectivity index (χ1) is 9.65. The molecule has 5 heteroatoms. The third-order valence-corrected chi connectivity index (χ3v) is 3.14. The van der Waals surface area contributed by atoms with Crippen LogP contribution in [-0.2, 0) is 6.42 Å². The van der Waals surface area contributed by atoms with Crippen molar-refractivity contribution in [2.45, 2.75) is 6.42 Å². The van der Waals surface area contributed by atoms with E-state index in [9.17, 15) is 13.6 Å². The number of anilines is 1. The van der Waals surface area contributed by atoms with Crippen molar-refractivity contribution >= 4 is 11.6 Å². The smallest absolute Gasteiger partial charge is 0.258 e. The second-order valence-corrected chi connectivity index (χ2v) is 4.48. The van der Waals surface area contributed by atoms with Crippen LogP contribution >= 0.6 is 0 Å². The average Bonchev–Trinajstić information content (AvgIpc) is 2.89. The van der Waals surface area contributed by atoms with Gasteiger partial charge in [-0.15, -0.1) is 0 Å². The van der Waals surface area contributed by atoms with Gasteiger partial charge >= 0.3 is 0 Å². The predicted octanol–water partition coefficient (Wildman–Crippen LogP) is 3.15. The monoisotopic (exact) mass is 275 g/mol. The van der Waals surface area contributed by atoms with Crippen molar-refractivity contribution in [3.05, 3.63) is 59.2 Å². The number of ether oxygens (including phenoxy) is 1. The molecule has 1 N–H and O–H groups in total. The van der Waals surface area contributed by atoms with E-state index in [0.717, 1.165) is 23.8 Å². The summed E-state index contributed by atoms with van der Waals surface area (Å²) < 4.78 is 32.0. The van der Waals surface area contributed by atoms with Gasteiger partial charge < -0.3 is 10.1 Å². The molecular weight excluding hydrogens is 264 g/mol. The number of halogens is 2. The van der Waals surface area contributed by atoms with E-state index in [0.29, 0.717) is 12.3 Å². The predicted molar refractivity (Wildman–Crippen MR) is 70.0 cm³/mol. The Hall–Kier alpha value is -2.43. The van der Waals surface area contributed by atoms with Crippen molar-refractivity contribution < 1.29 is 18.3 Å². The first-order valence-electron chi connectivity index (χ1n) is 6.16. The van der Waals surface area contributed by atoms with Crippen molar-refractivity contribution in [1.82, 2.24) is 0 Å². The number of benzene rings is 2. The van der Waals surface area contributed by atoms with Crippen LogP contribution in [0.1, 0.15) is 15.9 Å². The van der Waals surface area contributed by atoms with Crippen LogP contribution in [-0.4, -0.2) is 12.5 Å². The quantitative estimate of drug-likeness (QED) is 0.914. The van der Waals surface area contributed by atoms with E-state index >= 15 is 0 Å². The van der Waals surface area contributed by atoms with Crippen LogP contribution < -0.4 is 10.1 Å². The van der Waals surface area contributed by atoms with Gasteiger partial charge in [-0.25, -0.2) is 8.78 Å². The fraction of sp³-hybridized carbons (Fsp3) is 0.133. The van der Waals surface area contributed by atoms with E-state index < -0.39 is 17.5 Å². The number of amides is 1. The minimum absolute atomic E-state index is 0.318. The third-order valence-electron chi connectivity index (χ3n) is 3.14. The van der Waals surface area contributed by atoms with Crippen molar-refractivity contribution in [2.75, 3.05) is 11.9 Å². The summed E-state index contributed by atoms with van der Waals surface area (Å²) in [6.07, 6.45) is 0.771. The molecule has 102 valence electrons. The molecule has 0 saturated carbocycles. The van der Waals surface area contributed by atoms with Crippen molar-refractivity contribution in [1.29, 1.82) is 0 Å². The fourth-order valence-corrected chi connectivity index (χ4v) is 2.14. The van der Waals surface area contributed by atoms with E-state index in [4.69, 9.17) is 4.74 Å². The highest BCUT2D eigenvalue weighted by Gasteiger charge is 2.17. The Balaban J connectivity index is 1.84. The Morgan fingerprint density at radius 1 is 1.20 bits per heavy atom. The highest BCUT2D eigenvalue weighted by Crippen LogP contribution is 2.28. The Morgan fingerprint density at radius 2 is 2.05 bits per heavy atom. The summed E-state index contributed by atoms with van der Waals surface area (Å²) in [5, 5.41) is 2.55. The van der Waals surface area contributed by atoms with Crippen LogP contribution in [0.25, 0.3) is 0 Å². The van der Waals surface area contributed by atoms with Gasteiger partial charge in [-0.1, -0.05) is 6.07 Å². The molecular formula is C15H11F2NO2. The summed E-state index contributed by atoms with van der Waals surface area (Å²) in [6, 6.07) is 8.70. The van der Waals surface area contributed by atoms with Gasteiger partial charge in [0.2, 0.25) is 0 Å². The third kappa shape index (κ3) is 2.22. The molecule has 2 aromatic carbocycles. The summed E-state index contributed by atoms with van der Waals surface area (Å²) in [5.41, 5.74) is 1.20. The standard InChI is InChI=1S/C15H11F2NO2/c16-12-3-1-2-11(14(12)17)15(19)18-10-4-5-13-9(8-10)6-7-20-13/h1-5,8H,6-7H2,(H,18,19). The molecule has 0 radical (unpaired) electrons. The van der Waals surface area contributed by atoms with Gasteiger partial charge in [0.1, 0.15) is 5.75 Å². The van der Waals surface area contributed by atoms with Crippen molar-refractivity contribution in [3.8, 4) is 5.75 Å². The minimum atomic E-state index is -1.14. The average molecular weight is 275 g/mol. The zero-order valence-electron chi connectivity index (χ0n) is 10.5. The highest BCUT2D eigenvalue weighted by molar-refractivity contribution is 6.04. The molecule has 20 heavy (non-hydrogen) atoms. The first-order valence-corrected chi connectivity index (χ1v) is 6.16. The molecule has 2 aromatic rings. The maximum Gasteiger partial charge on any atom is 0.258 e. The van der Waals surface area contributed by atoms with Crippen molar-refractivity contribution in [2.24, 2.45) is 0 Å². The largest absolute Gasteiger partial charge is 0.493 e. The van der Waals surface area contributed by atoms with Crippen molar-refractivity contribution in [3.63, 3.8) is 0 Å². The van der Waals surface area contributed by atoms with E-state index in [2.05, 4.69) is 5.32 Å². The normalized spacial score (nSPS) is 12.7. The van der Waals surface area contributed by atoms with Gasteiger partial charge in [-0.2, -0.15) is 0 Å². The summed E-state index contributed by atoms with van der Waals surface area (Å²) in [4.78, 5) is 11.9. The van der Waals surface area contributed by atoms with Crippen LogP contribution in [0.4, 0.5) is 14.5 Å². The van der Waals surface area contributed by atoms with Gasteiger partial charge in [0, 0.05) is 12.1 Å². The summed E-state index contributed by atoms with van der Waals surface area (Å²) >= 11 is 0. The molecule has 0 aromatic heterocycles. The highest BCUT2D eigenvalue weighted by atomic mass is 19.2. The Morgan fingerprint density at radius 3 is 2.90 bits per heavy atom. The van der Waals surface area contributed by atoms with Gasteiger partial charge in [0.25, 0.3) is 5.91 Å². The molecule has 1 amide bonds. The van der Waals surface area contributed by atoms with Gasteiger partial charge in [-0.3, -0.25) is 4.79 Å². The lowest BCUT2D eigenvalue weighted by Gasteiger charge is -2.08. The number of carbonyl (C=O) groups excluding carboxylic acids is 1. The van der Waals surface area contributed by atoms with Crippen LogP contribution in [0.2, 0.25) is 0 Å². The lowest BCUT2D eigenvalue weighted by Crippen LogP contribution is -2.14. The van der Waals surface area contributed by atoms with E-state index in [-0.39, 0.29) is 5.56 Å². The van der Waals surface area contributed by atoms with E-state index in [1.807, 2.05) is 0 Å². The molecule has 3 rings (SSSR count).